The Labute approximate surface area is 141 Å². The van der Waals surface area contributed by atoms with Crippen molar-refractivity contribution in [3.8, 4) is 5.75 Å². The fourth-order valence-electron chi connectivity index (χ4n) is 2.29. The number of nitrogens with one attached hydrogen (secondary N) is 1. The molecule has 2 aromatic heterocycles. The van der Waals surface area contributed by atoms with E-state index < -0.39 is 28.7 Å². The lowest BCUT2D eigenvalue weighted by Gasteiger charge is -2.28. The Morgan fingerprint density at radius 2 is 2.20 bits per heavy atom. The zero-order chi connectivity index (χ0) is 18.0. The third-order valence-corrected chi connectivity index (χ3v) is 3.42. The minimum Gasteiger partial charge on any atom is -0.475 e. The Bertz CT molecular complexity index is 841. The van der Waals surface area contributed by atoms with Gasteiger partial charge >= 0.3 is 5.82 Å². The van der Waals surface area contributed by atoms with Gasteiger partial charge in [0.25, 0.3) is 11.7 Å². The van der Waals surface area contributed by atoms with Crippen molar-refractivity contribution in [2.75, 3.05) is 16.8 Å². The number of rotatable bonds is 4. The van der Waals surface area contributed by atoms with Gasteiger partial charge in [-0.1, -0.05) is 6.07 Å². The van der Waals surface area contributed by atoms with Gasteiger partial charge in [-0.3, -0.25) is 14.5 Å². The van der Waals surface area contributed by atoms with Crippen molar-refractivity contribution in [1.29, 1.82) is 0 Å². The summed E-state index contributed by atoms with van der Waals surface area (Å²) in [5.41, 5.74) is 0. The van der Waals surface area contributed by atoms with Gasteiger partial charge in [-0.2, -0.15) is 0 Å². The molecule has 0 aliphatic carbocycles. The minimum atomic E-state index is -0.835. The summed E-state index contributed by atoms with van der Waals surface area (Å²) in [5.74, 6) is -1.01. The van der Waals surface area contributed by atoms with E-state index in [4.69, 9.17) is 4.74 Å². The number of nitrogens with zero attached hydrogens (tertiary/aromatic N) is 4. The topological polar surface area (TPSA) is 128 Å². The second kappa shape index (κ2) is 6.51. The zero-order valence-electron chi connectivity index (χ0n) is 13.1. The molecule has 2 aromatic rings. The molecule has 1 unspecified atom stereocenters. The van der Waals surface area contributed by atoms with Crippen LogP contribution in [0.4, 0.5) is 17.5 Å². The van der Waals surface area contributed by atoms with Gasteiger partial charge < -0.3 is 20.2 Å². The van der Waals surface area contributed by atoms with Crippen molar-refractivity contribution in [2.24, 2.45) is 0 Å². The first-order chi connectivity index (χ1) is 12.0. The molecule has 1 N–H and O–H groups in total. The molecular weight excluding hydrogens is 330 g/mol. The molecule has 10 heteroatoms. The van der Waals surface area contributed by atoms with Gasteiger partial charge in [0.05, 0.1) is 0 Å². The predicted molar refractivity (Wildman–Crippen MR) is 86.2 cm³/mol. The second-order valence-corrected chi connectivity index (χ2v) is 5.20. The van der Waals surface area contributed by atoms with Crippen LogP contribution in [-0.4, -0.2) is 39.4 Å². The molecule has 3 rings (SSSR count). The van der Waals surface area contributed by atoms with E-state index in [1.807, 2.05) is 0 Å². The molecule has 0 bridgehead atoms. The standard InChI is InChI=1S/C15H13N5O5/c1-9-15(22)19(8-13(21)17-11-4-2-3-7-16-11)14-10(25-9)5-6-12(18-14)20(23)24/h2-7,9H,8H2,1H3,(H,16,17,21). The normalized spacial score (nSPS) is 16.0. The van der Waals surface area contributed by atoms with Crippen molar-refractivity contribution in [2.45, 2.75) is 13.0 Å². The first kappa shape index (κ1) is 16.3. The molecule has 1 aliphatic rings. The number of hydrogen-bond acceptors (Lipinski definition) is 7. The number of hydrogen-bond donors (Lipinski definition) is 1. The van der Waals surface area contributed by atoms with Gasteiger partial charge in [-0.25, -0.2) is 4.98 Å². The SMILES string of the molecule is CC1Oc2ccc([N+](=O)[O-])nc2N(CC(=O)Nc2ccccn2)C1=O. The first-order valence-electron chi connectivity index (χ1n) is 7.30. The molecule has 0 radical (unpaired) electrons. The summed E-state index contributed by atoms with van der Waals surface area (Å²) in [6.45, 7) is 1.15. The first-order valence-corrected chi connectivity index (χ1v) is 7.30. The van der Waals surface area contributed by atoms with Gasteiger partial charge in [-0.05, 0) is 35.0 Å². The Morgan fingerprint density at radius 1 is 1.40 bits per heavy atom. The Hall–Kier alpha value is -3.56. The number of carbonyl (C=O) groups is 2. The zero-order valence-corrected chi connectivity index (χ0v) is 13.1. The van der Waals surface area contributed by atoms with Crippen LogP contribution in [0.15, 0.2) is 36.5 Å². The number of amides is 2. The molecule has 25 heavy (non-hydrogen) atoms. The molecule has 10 nitrogen and oxygen atoms in total. The Balaban J connectivity index is 1.87. The van der Waals surface area contributed by atoms with Crippen molar-refractivity contribution in [1.82, 2.24) is 9.97 Å². The molecule has 1 atom stereocenters. The number of pyridine rings is 2. The average Bonchev–Trinajstić information content (AvgIpc) is 2.59. The monoisotopic (exact) mass is 343 g/mol. The molecule has 0 aromatic carbocycles. The maximum absolute atomic E-state index is 12.4. The highest BCUT2D eigenvalue weighted by molar-refractivity contribution is 6.05. The summed E-state index contributed by atoms with van der Waals surface area (Å²) in [6, 6.07) is 7.52. The average molecular weight is 343 g/mol. The lowest BCUT2D eigenvalue weighted by Crippen LogP contribution is -2.48. The molecule has 0 spiro atoms. The van der Waals surface area contributed by atoms with E-state index in [1.54, 1.807) is 18.2 Å². The van der Waals surface area contributed by atoms with Crippen molar-refractivity contribution < 1.29 is 19.2 Å². The molecular formula is C15H13N5O5. The highest BCUT2D eigenvalue weighted by atomic mass is 16.6. The van der Waals surface area contributed by atoms with E-state index >= 15 is 0 Å². The number of carbonyl (C=O) groups excluding carboxylic acids is 2. The van der Waals surface area contributed by atoms with Gasteiger partial charge in [0.1, 0.15) is 12.4 Å². The third-order valence-electron chi connectivity index (χ3n) is 3.42. The molecule has 0 saturated heterocycles. The predicted octanol–water partition coefficient (Wildman–Crippen LogP) is 1.14. The lowest BCUT2D eigenvalue weighted by atomic mass is 10.2. The van der Waals surface area contributed by atoms with Crippen LogP contribution in [0.3, 0.4) is 0 Å². The van der Waals surface area contributed by atoms with Crippen molar-refractivity contribution >= 4 is 29.3 Å². The maximum Gasteiger partial charge on any atom is 0.366 e. The fraction of sp³-hybridized carbons (Fsp3) is 0.200. The van der Waals surface area contributed by atoms with E-state index in [0.717, 1.165) is 4.90 Å². The molecule has 2 amide bonds. The second-order valence-electron chi connectivity index (χ2n) is 5.20. The summed E-state index contributed by atoms with van der Waals surface area (Å²) in [7, 11) is 0. The van der Waals surface area contributed by atoms with E-state index in [9.17, 15) is 19.7 Å². The van der Waals surface area contributed by atoms with Crippen LogP contribution in [0.25, 0.3) is 0 Å². The fourth-order valence-corrected chi connectivity index (χ4v) is 2.29. The third kappa shape index (κ3) is 3.37. The summed E-state index contributed by atoms with van der Waals surface area (Å²) in [5, 5.41) is 13.5. The van der Waals surface area contributed by atoms with Crippen LogP contribution in [0.5, 0.6) is 5.75 Å². The summed E-state index contributed by atoms with van der Waals surface area (Å²) < 4.78 is 5.39. The number of aromatic nitrogens is 2. The number of ether oxygens (including phenoxy) is 1. The highest BCUT2D eigenvalue weighted by Gasteiger charge is 2.37. The molecule has 128 valence electrons. The highest BCUT2D eigenvalue weighted by Crippen LogP contribution is 2.33. The number of fused-ring (bicyclic) bond motifs is 1. The number of anilines is 2. The Kier molecular flexibility index (Phi) is 4.25. The van der Waals surface area contributed by atoms with Gasteiger partial charge in [0.2, 0.25) is 5.91 Å². The van der Waals surface area contributed by atoms with E-state index in [-0.39, 0.29) is 18.1 Å². The van der Waals surface area contributed by atoms with Crippen molar-refractivity contribution in [3.63, 3.8) is 0 Å². The van der Waals surface area contributed by atoms with Crippen LogP contribution in [0.2, 0.25) is 0 Å². The molecule has 1 aliphatic heterocycles. The van der Waals surface area contributed by atoms with Crippen LogP contribution in [0, 0.1) is 10.1 Å². The van der Waals surface area contributed by atoms with Crippen LogP contribution < -0.4 is 15.0 Å². The molecule has 3 heterocycles. The lowest BCUT2D eigenvalue weighted by molar-refractivity contribution is -0.389. The van der Waals surface area contributed by atoms with Gasteiger partial charge in [-0.15, -0.1) is 0 Å². The van der Waals surface area contributed by atoms with E-state index in [0.29, 0.717) is 5.82 Å². The van der Waals surface area contributed by atoms with Crippen LogP contribution in [0.1, 0.15) is 6.92 Å². The summed E-state index contributed by atoms with van der Waals surface area (Å²) in [4.78, 5) is 43.6. The van der Waals surface area contributed by atoms with Gasteiger partial charge in [0, 0.05) is 12.3 Å². The quantitative estimate of drug-likeness (QED) is 0.651. The van der Waals surface area contributed by atoms with Crippen molar-refractivity contribution in [3.05, 3.63) is 46.6 Å². The summed E-state index contributed by atoms with van der Waals surface area (Å²) in [6.07, 6.45) is 0.677. The van der Waals surface area contributed by atoms with Gasteiger partial charge in [0.15, 0.2) is 11.9 Å². The number of nitro groups is 1. The maximum atomic E-state index is 12.4. The smallest absolute Gasteiger partial charge is 0.366 e. The Morgan fingerprint density at radius 3 is 2.88 bits per heavy atom. The van der Waals surface area contributed by atoms with E-state index in [2.05, 4.69) is 15.3 Å². The summed E-state index contributed by atoms with van der Waals surface area (Å²) >= 11 is 0. The largest absolute Gasteiger partial charge is 0.475 e. The van der Waals surface area contributed by atoms with Crippen LogP contribution >= 0.6 is 0 Å². The molecule has 0 saturated carbocycles. The van der Waals surface area contributed by atoms with Crippen LogP contribution in [-0.2, 0) is 9.59 Å². The molecule has 0 fully saturated rings. The minimum absolute atomic E-state index is 0.0616. The van der Waals surface area contributed by atoms with E-state index in [1.165, 1.54) is 25.3 Å².